The number of benzene rings is 1. The van der Waals surface area contributed by atoms with Gasteiger partial charge in [0, 0.05) is 49.3 Å². The van der Waals surface area contributed by atoms with Crippen LogP contribution in [0.25, 0.3) is 0 Å². The Morgan fingerprint density at radius 2 is 2.00 bits per heavy atom. The van der Waals surface area contributed by atoms with Crippen molar-refractivity contribution in [3.8, 4) is 0 Å². The zero-order chi connectivity index (χ0) is 13.0. The van der Waals surface area contributed by atoms with Gasteiger partial charge in [0.1, 0.15) is 0 Å². The second-order valence-electron chi connectivity index (χ2n) is 4.39. The van der Waals surface area contributed by atoms with Crippen LogP contribution in [0.2, 0.25) is 0 Å². The van der Waals surface area contributed by atoms with Gasteiger partial charge in [-0.25, -0.2) is 0 Å². The fraction of sp³-hybridized carbons (Fsp3) is 0.462. The Morgan fingerprint density at radius 1 is 1.28 bits per heavy atom. The highest BCUT2D eigenvalue weighted by atomic mass is 79.9. The number of rotatable bonds is 3. The van der Waals surface area contributed by atoms with E-state index in [0.717, 1.165) is 30.7 Å². The molecule has 4 nitrogen and oxygen atoms in total. The van der Waals surface area contributed by atoms with Crippen molar-refractivity contribution in [1.29, 1.82) is 0 Å². The van der Waals surface area contributed by atoms with E-state index >= 15 is 0 Å². The average Bonchev–Trinajstić information content (AvgIpc) is 2.39. The van der Waals surface area contributed by atoms with E-state index in [1.165, 1.54) is 5.69 Å². The van der Waals surface area contributed by atoms with Crippen molar-refractivity contribution in [2.24, 2.45) is 5.73 Å². The lowest BCUT2D eigenvalue weighted by Crippen LogP contribution is -2.49. The van der Waals surface area contributed by atoms with Crippen molar-refractivity contribution in [3.63, 3.8) is 0 Å². The van der Waals surface area contributed by atoms with Crippen molar-refractivity contribution in [2.75, 3.05) is 37.6 Å². The predicted molar refractivity (Wildman–Crippen MR) is 76.6 cm³/mol. The first-order valence-corrected chi connectivity index (χ1v) is 6.98. The third kappa shape index (κ3) is 3.23. The van der Waals surface area contributed by atoms with E-state index in [0.29, 0.717) is 13.0 Å². The van der Waals surface area contributed by atoms with Gasteiger partial charge < -0.3 is 15.5 Å². The highest BCUT2D eigenvalue weighted by Crippen LogP contribution is 2.21. The molecule has 1 heterocycles. The molecule has 0 aromatic heterocycles. The van der Waals surface area contributed by atoms with Crippen molar-refractivity contribution in [3.05, 3.63) is 28.7 Å². The van der Waals surface area contributed by atoms with Crippen LogP contribution in [-0.2, 0) is 4.79 Å². The summed E-state index contributed by atoms with van der Waals surface area (Å²) < 4.78 is 1.08. The van der Waals surface area contributed by atoms with Crippen LogP contribution in [0.15, 0.2) is 28.7 Å². The number of piperazine rings is 1. The molecular formula is C13H18BrN3O. The minimum atomic E-state index is 0.173. The fourth-order valence-corrected chi connectivity index (χ4v) is 2.56. The molecule has 0 bridgehead atoms. The Balaban J connectivity index is 1.92. The van der Waals surface area contributed by atoms with Gasteiger partial charge in [-0.05, 0) is 18.2 Å². The standard InChI is InChI=1S/C13H18BrN3O/c14-11-2-1-3-12(10-11)16-6-8-17(9-7-16)13(18)4-5-15/h1-3,10H,4-9,15H2. The lowest BCUT2D eigenvalue weighted by atomic mass is 10.2. The first kappa shape index (κ1) is 13.4. The topological polar surface area (TPSA) is 49.6 Å². The lowest BCUT2D eigenvalue weighted by Gasteiger charge is -2.36. The molecule has 1 amide bonds. The maximum Gasteiger partial charge on any atom is 0.223 e. The summed E-state index contributed by atoms with van der Waals surface area (Å²) in [6.45, 7) is 3.76. The average molecular weight is 312 g/mol. The van der Waals surface area contributed by atoms with Crippen LogP contribution in [0, 0.1) is 0 Å². The van der Waals surface area contributed by atoms with Crippen LogP contribution in [-0.4, -0.2) is 43.5 Å². The van der Waals surface area contributed by atoms with Crippen LogP contribution in [0.3, 0.4) is 0 Å². The summed E-state index contributed by atoms with van der Waals surface area (Å²) in [5, 5.41) is 0. The Labute approximate surface area is 116 Å². The van der Waals surface area contributed by atoms with E-state index in [1.54, 1.807) is 0 Å². The number of hydrogen-bond acceptors (Lipinski definition) is 3. The minimum Gasteiger partial charge on any atom is -0.368 e. The summed E-state index contributed by atoms with van der Waals surface area (Å²) in [6.07, 6.45) is 0.455. The number of nitrogens with two attached hydrogens (primary N) is 1. The number of nitrogens with zero attached hydrogens (tertiary/aromatic N) is 2. The van der Waals surface area contributed by atoms with Gasteiger partial charge in [-0.1, -0.05) is 22.0 Å². The van der Waals surface area contributed by atoms with Gasteiger partial charge in [0.25, 0.3) is 0 Å². The maximum absolute atomic E-state index is 11.7. The summed E-state index contributed by atoms with van der Waals surface area (Å²) in [5.41, 5.74) is 6.61. The highest BCUT2D eigenvalue weighted by molar-refractivity contribution is 9.10. The Hall–Kier alpha value is -1.07. The molecule has 0 radical (unpaired) electrons. The zero-order valence-corrected chi connectivity index (χ0v) is 11.9. The fourth-order valence-electron chi connectivity index (χ4n) is 2.17. The summed E-state index contributed by atoms with van der Waals surface area (Å²) >= 11 is 3.48. The van der Waals surface area contributed by atoms with Crippen LogP contribution >= 0.6 is 15.9 Å². The summed E-state index contributed by atoms with van der Waals surface area (Å²) in [6, 6.07) is 8.26. The normalized spacial score (nSPS) is 15.9. The Morgan fingerprint density at radius 3 is 2.61 bits per heavy atom. The zero-order valence-electron chi connectivity index (χ0n) is 10.3. The SMILES string of the molecule is NCCC(=O)N1CCN(c2cccc(Br)c2)CC1. The quantitative estimate of drug-likeness (QED) is 0.919. The number of carbonyl (C=O) groups is 1. The van der Waals surface area contributed by atoms with Gasteiger partial charge in [0.15, 0.2) is 0 Å². The van der Waals surface area contributed by atoms with Crippen molar-refractivity contribution >= 4 is 27.5 Å². The largest absolute Gasteiger partial charge is 0.368 e. The van der Waals surface area contributed by atoms with E-state index in [4.69, 9.17) is 5.73 Å². The molecule has 0 unspecified atom stereocenters. The molecule has 1 aromatic carbocycles. The van der Waals surface area contributed by atoms with Gasteiger partial charge in [0.05, 0.1) is 0 Å². The van der Waals surface area contributed by atoms with E-state index < -0.39 is 0 Å². The first-order chi connectivity index (χ1) is 8.70. The highest BCUT2D eigenvalue weighted by Gasteiger charge is 2.20. The first-order valence-electron chi connectivity index (χ1n) is 6.19. The number of halogens is 1. The van der Waals surface area contributed by atoms with Crippen molar-refractivity contribution in [1.82, 2.24) is 4.90 Å². The third-order valence-electron chi connectivity index (χ3n) is 3.16. The summed E-state index contributed by atoms with van der Waals surface area (Å²) in [7, 11) is 0. The van der Waals surface area contributed by atoms with Gasteiger partial charge in [0.2, 0.25) is 5.91 Å². The third-order valence-corrected chi connectivity index (χ3v) is 3.66. The molecule has 98 valence electrons. The number of carbonyl (C=O) groups excluding carboxylic acids is 1. The second-order valence-corrected chi connectivity index (χ2v) is 5.30. The minimum absolute atomic E-state index is 0.173. The molecular weight excluding hydrogens is 294 g/mol. The Bertz CT molecular complexity index is 416. The molecule has 0 aliphatic carbocycles. The summed E-state index contributed by atoms with van der Waals surface area (Å²) in [4.78, 5) is 15.9. The molecule has 18 heavy (non-hydrogen) atoms. The van der Waals surface area contributed by atoms with Gasteiger partial charge in [-0.15, -0.1) is 0 Å². The lowest BCUT2D eigenvalue weighted by molar-refractivity contribution is -0.131. The molecule has 1 fully saturated rings. The van der Waals surface area contributed by atoms with Crippen LogP contribution in [0.1, 0.15) is 6.42 Å². The molecule has 0 saturated carbocycles. The van der Waals surface area contributed by atoms with Crippen molar-refractivity contribution < 1.29 is 4.79 Å². The smallest absolute Gasteiger partial charge is 0.223 e. The summed E-state index contributed by atoms with van der Waals surface area (Å²) in [5.74, 6) is 0.173. The molecule has 0 atom stereocenters. The molecule has 2 N–H and O–H groups in total. The number of anilines is 1. The molecule has 1 saturated heterocycles. The van der Waals surface area contributed by atoms with Gasteiger partial charge in [-0.3, -0.25) is 4.79 Å². The molecule has 0 spiro atoms. The number of amides is 1. The van der Waals surface area contributed by atoms with Crippen LogP contribution in [0.4, 0.5) is 5.69 Å². The van der Waals surface area contributed by atoms with Crippen LogP contribution < -0.4 is 10.6 Å². The molecule has 2 rings (SSSR count). The number of hydrogen-bond donors (Lipinski definition) is 1. The van der Waals surface area contributed by atoms with E-state index in [9.17, 15) is 4.79 Å². The maximum atomic E-state index is 11.7. The predicted octanol–water partition coefficient (Wildman–Crippen LogP) is 1.45. The van der Waals surface area contributed by atoms with Crippen LogP contribution in [0.5, 0.6) is 0 Å². The Kier molecular flexibility index (Phi) is 4.60. The molecule has 1 aliphatic heterocycles. The second kappa shape index (κ2) is 6.20. The van der Waals surface area contributed by atoms with E-state index in [1.807, 2.05) is 17.0 Å². The van der Waals surface area contributed by atoms with Crippen molar-refractivity contribution in [2.45, 2.75) is 6.42 Å². The van der Waals surface area contributed by atoms with Gasteiger partial charge >= 0.3 is 0 Å². The molecule has 1 aromatic rings. The molecule has 1 aliphatic rings. The monoisotopic (exact) mass is 311 g/mol. The van der Waals surface area contributed by atoms with E-state index in [2.05, 4.69) is 33.0 Å². The van der Waals surface area contributed by atoms with E-state index in [-0.39, 0.29) is 5.91 Å². The van der Waals surface area contributed by atoms with Gasteiger partial charge in [-0.2, -0.15) is 0 Å². The molecule has 5 heteroatoms.